The zero-order valence-electron chi connectivity index (χ0n) is 9.13. The number of carboxylic acids is 1. The second-order valence-electron chi connectivity index (χ2n) is 3.73. The average Bonchev–Trinajstić information content (AvgIpc) is 2.32. The molecule has 1 amide bonds. The molecule has 0 unspecified atom stereocenters. The van der Waals surface area contributed by atoms with Gasteiger partial charge in [0.05, 0.1) is 18.7 Å². The summed E-state index contributed by atoms with van der Waals surface area (Å²) in [5.41, 5.74) is 0.678. The first-order chi connectivity index (χ1) is 8.18. The van der Waals surface area contributed by atoms with Crippen molar-refractivity contribution in [3.05, 3.63) is 29.6 Å². The summed E-state index contributed by atoms with van der Waals surface area (Å²) in [6, 6.07) is 1.42. The monoisotopic (exact) mass is 236 g/mol. The van der Waals surface area contributed by atoms with E-state index in [1.807, 2.05) is 0 Å². The summed E-state index contributed by atoms with van der Waals surface area (Å²) in [6.07, 6.45) is 3.23. The van der Waals surface area contributed by atoms with Crippen LogP contribution in [0.2, 0.25) is 0 Å². The first kappa shape index (κ1) is 11.4. The summed E-state index contributed by atoms with van der Waals surface area (Å²) in [5.74, 6) is -1.02. The number of pyridine rings is 1. The second-order valence-corrected chi connectivity index (χ2v) is 3.73. The van der Waals surface area contributed by atoms with Gasteiger partial charge in [-0.25, -0.2) is 9.59 Å². The molecule has 1 N–H and O–H groups in total. The molecule has 1 aliphatic rings. The van der Waals surface area contributed by atoms with Crippen LogP contribution in [0.4, 0.5) is 4.79 Å². The SMILES string of the molecule is O=C(O)c1ccncc1CN1CCCOC1=O. The van der Waals surface area contributed by atoms with Gasteiger partial charge in [0.15, 0.2) is 0 Å². The molecule has 0 saturated carbocycles. The Labute approximate surface area is 97.8 Å². The molecular weight excluding hydrogens is 224 g/mol. The maximum atomic E-state index is 11.4. The molecule has 2 heterocycles. The van der Waals surface area contributed by atoms with Gasteiger partial charge in [0.25, 0.3) is 0 Å². The highest BCUT2D eigenvalue weighted by atomic mass is 16.6. The lowest BCUT2D eigenvalue weighted by Crippen LogP contribution is -2.37. The van der Waals surface area contributed by atoms with Gasteiger partial charge in [-0.1, -0.05) is 0 Å². The van der Waals surface area contributed by atoms with Crippen LogP contribution in [0.1, 0.15) is 22.3 Å². The third-order valence-electron chi connectivity index (χ3n) is 2.55. The molecule has 0 aromatic carbocycles. The number of hydrogen-bond acceptors (Lipinski definition) is 4. The molecule has 2 rings (SSSR count). The van der Waals surface area contributed by atoms with Gasteiger partial charge in [-0.2, -0.15) is 0 Å². The normalized spacial score (nSPS) is 15.5. The van der Waals surface area contributed by atoms with Crippen LogP contribution in [0, 0.1) is 0 Å². The van der Waals surface area contributed by atoms with Crippen molar-refractivity contribution in [2.75, 3.05) is 13.2 Å². The number of aromatic carboxylic acids is 1. The summed E-state index contributed by atoms with van der Waals surface area (Å²) in [5, 5.41) is 9.00. The Morgan fingerprint density at radius 1 is 1.59 bits per heavy atom. The third kappa shape index (κ3) is 2.52. The highest BCUT2D eigenvalue weighted by molar-refractivity contribution is 5.89. The Bertz CT molecular complexity index is 447. The minimum atomic E-state index is -1.02. The quantitative estimate of drug-likeness (QED) is 0.850. The van der Waals surface area contributed by atoms with E-state index in [4.69, 9.17) is 9.84 Å². The summed E-state index contributed by atoms with van der Waals surface area (Å²) in [7, 11) is 0. The van der Waals surface area contributed by atoms with E-state index in [-0.39, 0.29) is 12.1 Å². The van der Waals surface area contributed by atoms with E-state index in [9.17, 15) is 9.59 Å². The maximum Gasteiger partial charge on any atom is 0.410 e. The Kier molecular flexibility index (Phi) is 3.22. The topological polar surface area (TPSA) is 79.7 Å². The summed E-state index contributed by atoms with van der Waals surface area (Å²) < 4.78 is 4.88. The van der Waals surface area contributed by atoms with Gasteiger partial charge in [-0.15, -0.1) is 0 Å². The van der Waals surface area contributed by atoms with Crippen LogP contribution in [-0.4, -0.2) is 40.2 Å². The van der Waals surface area contributed by atoms with Crippen molar-refractivity contribution in [2.24, 2.45) is 0 Å². The molecule has 1 fully saturated rings. The van der Waals surface area contributed by atoms with E-state index in [0.717, 1.165) is 6.42 Å². The number of nitrogens with zero attached hydrogens (tertiary/aromatic N) is 2. The van der Waals surface area contributed by atoms with E-state index in [0.29, 0.717) is 18.7 Å². The fraction of sp³-hybridized carbons (Fsp3) is 0.364. The first-order valence-corrected chi connectivity index (χ1v) is 5.26. The third-order valence-corrected chi connectivity index (χ3v) is 2.55. The van der Waals surface area contributed by atoms with Crippen molar-refractivity contribution in [1.29, 1.82) is 0 Å². The van der Waals surface area contributed by atoms with E-state index in [1.54, 1.807) is 0 Å². The fourth-order valence-corrected chi connectivity index (χ4v) is 1.71. The zero-order valence-corrected chi connectivity index (χ0v) is 9.13. The molecule has 0 atom stereocenters. The van der Waals surface area contributed by atoms with Crippen LogP contribution in [0.3, 0.4) is 0 Å². The number of ether oxygens (including phenoxy) is 1. The van der Waals surface area contributed by atoms with Gasteiger partial charge in [0, 0.05) is 24.5 Å². The van der Waals surface area contributed by atoms with Gasteiger partial charge in [0.2, 0.25) is 0 Å². The van der Waals surface area contributed by atoms with E-state index < -0.39 is 12.1 Å². The number of amides is 1. The number of aromatic nitrogens is 1. The lowest BCUT2D eigenvalue weighted by atomic mass is 10.1. The molecule has 1 aromatic rings. The summed E-state index contributed by atoms with van der Waals surface area (Å²) >= 11 is 0. The number of hydrogen-bond donors (Lipinski definition) is 1. The summed E-state index contributed by atoms with van der Waals surface area (Å²) in [4.78, 5) is 27.8. The van der Waals surface area contributed by atoms with Crippen LogP contribution in [0.25, 0.3) is 0 Å². The highest BCUT2D eigenvalue weighted by Crippen LogP contribution is 2.13. The van der Waals surface area contributed by atoms with Crippen molar-refractivity contribution >= 4 is 12.1 Å². The molecule has 1 aliphatic heterocycles. The van der Waals surface area contributed by atoms with Gasteiger partial charge in [-0.3, -0.25) is 4.98 Å². The molecule has 6 heteroatoms. The smallest absolute Gasteiger partial charge is 0.410 e. The first-order valence-electron chi connectivity index (χ1n) is 5.26. The van der Waals surface area contributed by atoms with E-state index in [2.05, 4.69) is 4.98 Å². The number of carbonyl (C=O) groups excluding carboxylic acids is 1. The lowest BCUT2D eigenvalue weighted by Gasteiger charge is -2.26. The molecule has 1 aromatic heterocycles. The predicted molar refractivity (Wildman–Crippen MR) is 57.6 cm³/mol. The van der Waals surface area contributed by atoms with E-state index >= 15 is 0 Å². The molecule has 0 spiro atoms. The van der Waals surface area contributed by atoms with Crippen LogP contribution in [0.15, 0.2) is 18.5 Å². The maximum absolute atomic E-state index is 11.4. The lowest BCUT2D eigenvalue weighted by molar-refractivity contribution is 0.0659. The molecule has 0 bridgehead atoms. The van der Waals surface area contributed by atoms with Gasteiger partial charge in [0.1, 0.15) is 0 Å². The van der Waals surface area contributed by atoms with Crippen LogP contribution < -0.4 is 0 Å². The van der Waals surface area contributed by atoms with Crippen molar-refractivity contribution in [3.8, 4) is 0 Å². The Morgan fingerprint density at radius 3 is 3.12 bits per heavy atom. The minimum Gasteiger partial charge on any atom is -0.478 e. The molecule has 17 heavy (non-hydrogen) atoms. The highest BCUT2D eigenvalue weighted by Gasteiger charge is 2.21. The summed E-state index contributed by atoms with van der Waals surface area (Å²) in [6.45, 7) is 1.22. The standard InChI is InChI=1S/C11H12N2O4/c14-10(15)9-2-3-12-6-8(9)7-13-4-1-5-17-11(13)16/h2-3,6H,1,4-5,7H2,(H,14,15). The predicted octanol–water partition coefficient (Wildman–Crippen LogP) is 1.12. The number of carbonyl (C=O) groups is 2. The molecule has 90 valence electrons. The van der Waals surface area contributed by atoms with Gasteiger partial charge < -0.3 is 14.7 Å². The van der Waals surface area contributed by atoms with Crippen LogP contribution in [-0.2, 0) is 11.3 Å². The molecule has 1 saturated heterocycles. The van der Waals surface area contributed by atoms with Crippen molar-refractivity contribution in [2.45, 2.75) is 13.0 Å². The molecule has 0 aliphatic carbocycles. The van der Waals surface area contributed by atoms with Crippen molar-refractivity contribution in [3.63, 3.8) is 0 Å². The minimum absolute atomic E-state index is 0.165. The van der Waals surface area contributed by atoms with Crippen LogP contribution in [0.5, 0.6) is 0 Å². The van der Waals surface area contributed by atoms with Gasteiger partial charge in [-0.05, 0) is 12.5 Å². The Morgan fingerprint density at radius 2 is 2.41 bits per heavy atom. The van der Waals surface area contributed by atoms with Crippen LogP contribution >= 0.6 is 0 Å². The Balaban J connectivity index is 2.17. The van der Waals surface area contributed by atoms with E-state index in [1.165, 1.54) is 23.4 Å². The fourth-order valence-electron chi connectivity index (χ4n) is 1.71. The average molecular weight is 236 g/mol. The molecule has 0 radical (unpaired) electrons. The van der Waals surface area contributed by atoms with Crippen molar-refractivity contribution in [1.82, 2.24) is 9.88 Å². The molecule has 6 nitrogen and oxygen atoms in total. The number of carboxylic acid groups (broad SMARTS) is 1. The largest absolute Gasteiger partial charge is 0.478 e. The number of cyclic esters (lactones) is 1. The molecular formula is C11H12N2O4. The zero-order chi connectivity index (χ0) is 12.3. The van der Waals surface area contributed by atoms with Gasteiger partial charge >= 0.3 is 12.1 Å². The number of rotatable bonds is 3. The Hall–Kier alpha value is -2.11. The van der Waals surface area contributed by atoms with Crippen molar-refractivity contribution < 1.29 is 19.4 Å². The second kappa shape index (κ2) is 4.82.